The van der Waals surface area contributed by atoms with Gasteiger partial charge in [-0.1, -0.05) is 39.0 Å². The fourth-order valence-corrected chi connectivity index (χ4v) is 2.28. The van der Waals surface area contributed by atoms with Crippen LogP contribution in [0.4, 0.5) is 0 Å². The lowest BCUT2D eigenvalue weighted by Crippen LogP contribution is -2.48. The van der Waals surface area contributed by atoms with Crippen LogP contribution in [0.25, 0.3) is 0 Å². The Morgan fingerprint density at radius 3 is 2.44 bits per heavy atom. The zero-order valence-corrected chi connectivity index (χ0v) is 11.1. The Labute approximate surface area is 101 Å². The first-order chi connectivity index (χ1) is 7.66. The zero-order valence-electron chi connectivity index (χ0n) is 11.1. The van der Waals surface area contributed by atoms with Gasteiger partial charge in [-0.25, -0.2) is 0 Å². The van der Waals surface area contributed by atoms with E-state index >= 15 is 0 Å². The van der Waals surface area contributed by atoms with Crippen molar-refractivity contribution >= 4 is 0 Å². The highest BCUT2D eigenvalue weighted by Gasteiger charge is 2.33. The number of hydrogen-bond acceptors (Lipinski definition) is 2. The fraction of sp³-hybridized carbons (Fsp3) is 1.00. The molecule has 1 aliphatic rings. The maximum Gasteiger partial charge on any atom is 0.0771 e. The van der Waals surface area contributed by atoms with Gasteiger partial charge in [0.2, 0.25) is 0 Å². The molecule has 1 unspecified atom stereocenters. The molecule has 0 radical (unpaired) electrons. The summed E-state index contributed by atoms with van der Waals surface area (Å²) in [6.07, 6.45) is 11.2. The average molecular weight is 227 g/mol. The van der Waals surface area contributed by atoms with Crippen molar-refractivity contribution in [2.75, 3.05) is 6.54 Å². The number of nitrogens with one attached hydrogen (secondary N) is 1. The molecule has 2 heteroatoms. The van der Waals surface area contributed by atoms with Crippen LogP contribution in [0.3, 0.4) is 0 Å². The van der Waals surface area contributed by atoms with E-state index in [0.29, 0.717) is 6.04 Å². The summed E-state index contributed by atoms with van der Waals surface area (Å²) in [5.74, 6) is 0. The summed E-state index contributed by atoms with van der Waals surface area (Å²) in [7, 11) is 0. The van der Waals surface area contributed by atoms with Gasteiger partial charge in [-0.15, -0.1) is 0 Å². The number of hydrogen-bond donors (Lipinski definition) is 2. The number of unbranched alkanes of at least 4 members (excludes halogenated alkanes) is 4. The summed E-state index contributed by atoms with van der Waals surface area (Å²) in [6.45, 7) is 5.29. The maximum absolute atomic E-state index is 9.94. The molecular weight excluding hydrogens is 198 g/mol. The van der Waals surface area contributed by atoms with Crippen LogP contribution in [0.5, 0.6) is 0 Å². The lowest BCUT2D eigenvalue weighted by Gasteiger charge is -2.37. The largest absolute Gasteiger partial charge is 0.389 e. The van der Waals surface area contributed by atoms with E-state index in [1.54, 1.807) is 0 Å². The van der Waals surface area contributed by atoms with Gasteiger partial charge < -0.3 is 10.4 Å². The number of aliphatic hydroxyl groups is 1. The first kappa shape index (κ1) is 14.0. The molecule has 0 spiro atoms. The van der Waals surface area contributed by atoms with Crippen molar-refractivity contribution < 1.29 is 5.11 Å². The molecule has 2 N–H and O–H groups in total. The molecule has 0 saturated heterocycles. The fourth-order valence-electron chi connectivity index (χ4n) is 2.28. The third-order valence-electron chi connectivity index (χ3n) is 3.80. The topological polar surface area (TPSA) is 32.3 Å². The summed E-state index contributed by atoms with van der Waals surface area (Å²) in [6, 6.07) is 0.561. The van der Waals surface area contributed by atoms with Gasteiger partial charge in [0.25, 0.3) is 0 Å². The van der Waals surface area contributed by atoms with Gasteiger partial charge >= 0.3 is 0 Å². The number of rotatable bonds is 9. The summed E-state index contributed by atoms with van der Waals surface area (Å²) < 4.78 is 0. The molecule has 2 nitrogen and oxygen atoms in total. The Kier molecular flexibility index (Phi) is 6.37. The van der Waals surface area contributed by atoms with E-state index in [1.165, 1.54) is 44.9 Å². The molecule has 16 heavy (non-hydrogen) atoms. The third-order valence-corrected chi connectivity index (χ3v) is 3.80. The molecule has 0 aromatic carbocycles. The van der Waals surface area contributed by atoms with Crippen molar-refractivity contribution in [1.29, 1.82) is 0 Å². The first-order valence-corrected chi connectivity index (χ1v) is 7.12. The summed E-state index contributed by atoms with van der Waals surface area (Å²) in [4.78, 5) is 0. The zero-order chi connectivity index (χ0) is 11.9. The molecule has 0 bridgehead atoms. The standard InChI is InChI=1S/C14H29NO/c1-3-4-5-6-7-9-13(2)15-12-14(16)10-8-11-14/h13,15-16H,3-12H2,1-2H3. The second-order valence-corrected chi connectivity index (χ2v) is 5.56. The van der Waals surface area contributed by atoms with Gasteiger partial charge in [-0.3, -0.25) is 0 Å². The van der Waals surface area contributed by atoms with Gasteiger partial charge in [0.15, 0.2) is 0 Å². The van der Waals surface area contributed by atoms with Crippen molar-refractivity contribution in [3.05, 3.63) is 0 Å². The van der Waals surface area contributed by atoms with E-state index < -0.39 is 0 Å². The lowest BCUT2D eigenvalue weighted by atomic mass is 9.80. The van der Waals surface area contributed by atoms with Crippen LogP contribution in [0, 0.1) is 0 Å². The van der Waals surface area contributed by atoms with Crippen molar-refractivity contribution in [3.8, 4) is 0 Å². The van der Waals surface area contributed by atoms with Crippen LogP contribution in [-0.4, -0.2) is 23.3 Å². The minimum Gasteiger partial charge on any atom is -0.389 e. The molecule has 1 aliphatic carbocycles. The highest BCUT2D eigenvalue weighted by atomic mass is 16.3. The molecule has 1 fully saturated rings. The van der Waals surface area contributed by atoms with Gasteiger partial charge in [-0.05, 0) is 32.6 Å². The van der Waals surface area contributed by atoms with Crippen LogP contribution in [0.15, 0.2) is 0 Å². The molecule has 0 aromatic rings. The smallest absolute Gasteiger partial charge is 0.0771 e. The van der Waals surface area contributed by atoms with Crippen molar-refractivity contribution in [1.82, 2.24) is 5.32 Å². The molecule has 1 saturated carbocycles. The Morgan fingerprint density at radius 2 is 1.88 bits per heavy atom. The maximum atomic E-state index is 9.94. The highest BCUT2D eigenvalue weighted by molar-refractivity contribution is 4.90. The second kappa shape index (κ2) is 7.29. The normalized spacial score (nSPS) is 20.4. The quantitative estimate of drug-likeness (QED) is 0.593. The van der Waals surface area contributed by atoms with E-state index in [9.17, 15) is 5.11 Å². The molecule has 1 rings (SSSR count). The summed E-state index contributed by atoms with van der Waals surface area (Å²) in [5.41, 5.74) is -0.365. The minimum atomic E-state index is -0.365. The second-order valence-electron chi connectivity index (χ2n) is 5.56. The Balaban J connectivity index is 1.92. The van der Waals surface area contributed by atoms with E-state index in [2.05, 4.69) is 19.2 Å². The molecule has 0 heterocycles. The van der Waals surface area contributed by atoms with Crippen molar-refractivity contribution in [2.45, 2.75) is 83.3 Å². The SMILES string of the molecule is CCCCCCCC(C)NCC1(O)CCC1. The van der Waals surface area contributed by atoms with Crippen LogP contribution >= 0.6 is 0 Å². The Morgan fingerprint density at radius 1 is 1.19 bits per heavy atom. The lowest BCUT2D eigenvalue weighted by molar-refractivity contribution is -0.0330. The van der Waals surface area contributed by atoms with Gasteiger partial charge in [0, 0.05) is 12.6 Å². The third kappa shape index (κ3) is 5.31. The molecule has 96 valence electrons. The Hall–Kier alpha value is -0.0800. The first-order valence-electron chi connectivity index (χ1n) is 7.12. The van der Waals surface area contributed by atoms with E-state index in [1.807, 2.05) is 0 Å². The van der Waals surface area contributed by atoms with Crippen LogP contribution in [-0.2, 0) is 0 Å². The van der Waals surface area contributed by atoms with Gasteiger partial charge in [0.1, 0.15) is 0 Å². The molecular formula is C14H29NO. The average Bonchev–Trinajstić information content (AvgIpc) is 2.23. The molecule has 1 atom stereocenters. The van der Waals surface area contributed by atoms with E-state index in [-0.39, 0.29) is 5.60 Å². The highest BCUT2D eigenvalue weighted by Crippen LogP contribution is 2.30. The molecule has 0 aromatic heterocycles. The van der Waals surface area contributed by atoms with Crippen LogP contribution in [0.2, 0.25) is 0 Å². The van der Waals surface area contributed by atoms with Crippen LogP contribution in [0.1, 0.15) is 71.6 Å². The Bertz CT molecular complexity index is 178. The summed E-state index contributed by atoms with van der Waals surface area (Å²) >= 11 is 0. The van der Waals surface area contributed by atoms with Crippen molar-refractivity contribution in [2.24, 2.45) is 0 Å². The van der Waals surface area contributed by atoms with Crippen molar-refractivity contribution in [3.63, 3.8) is 0 Å². The monoisotopic (exact) mass is 227 g/mol. The van der Waals surface area contributed by atoms with E-state index in [0.717, 1.165) is 19.4 Å². The predicted octanol–water partition coefficient (Wildman–Crippen LogP) is 3.24. The van der Waals surface area contributed by atoms with E-state index in [4.69, 9.17) is 0 Å². The molecule has 0 aliphatic heterocycles. The van der Waals surface area contributed by atoms with Gasteiger partial charge in [-0.2, -0.15) is 0 Å². The predicted molar refractivity (Wildman–Crippen MR) is 69.6 cm³/mol. The van der Waals surface area contributed by atoms with Crippen LogP contribution < -0.4 is 5.32 Å². The molecule has 0 amide bonds. The van der Waals surface area contributed by atoms with Gasteiger partial charge in [0.05, 0.1) is 5.60 Å². The minimum absolute atomic E-state index is 0.365. The summed E-state index contributed by atoms with van der Waals surface area (Å²) in [5, 5.41) is 13.4.